The fourth-order valence-electron chi connectivity index (χ4n) is 3.56. The lowest BCUT2D eigenvalue weighted by atomic mass is 9.85. The van der Waals surface area contributed by atoms with Gasteiger partial charge >= 0.3 is 5.69 Å². The molecule has 2 aromatic carbocycles. The van der Waals surface area contributed by atoms with E-state index in [4.69, 9.17) is 0 Å². The molecule has 0 aliphatic carbocycles. The van der Waals surface area contributed by atoms with Gasteiger partial charge in [0.05, 0.1) is 17.5 Å². The molecular weight excluding hydrogens is 456 g/mol. The van der Waals surface area contributed by atoms with Gasteiger partial charge in [0.25, 0.3) is 5.56 Å². The van der Waals surface area contributed by atoms with Crippen LogP contribution in [-0.4, -0.2) is 34.2 Å². The summed E-state index contributed by atoms with van der Waals surface area (Å²) in [5.74, 6) is 0.513. The van der Waals surface area contributed by atoms with Gasteiger partial charge in [0.15, 0.2) is 0 Å². The first-order valence-electron chi connectivity index (χ1n) is 10.4. The van der Waals surface area contributed by atoms with Crippen molar-refractivity contribution in [2.75, 3.05) is 16.3 Å². The van der Waals surface area contributed by atoms with Crippen molar-refractivity contribution in [2.24, 2.45) is 0 Å². The molecule has 0 saturated heterocycles. The van der Waals surface area contributed by atoms with Crippen LogP contribution in [0.3, 0.4) is 0 Å². The molecule has 2 heterocycles. The highest BCUT2D eigenvalue weighted by Crippen LogP contribution is 2.34. The molecule has 10 nitrogen and oxygen atoms in total. The zero-order valence-electron chi connectivity index (χ0n) is 19.1. The number of anilines is 3. The second kappa shape index (κ2) is 8.41. The number of hydrogen-bond donors (Lipinski definition) is 3. The van der Waals surface area contributed by atoms with Gasteiger partial charge < -0.3 is 5.32 Å². The van der Waals surface area contributed by atoms with Gasteiger partial charge in [-0.1, -0.05) is 20.8 Å². The molecule has 0 atom stereocenters. The van der Waals surface area contributed by atoms with E-state index >= 15 is 0 Å². The molecule has 0 saturated carbocycles. The summed E-state index contributed by atoms with van der Waals surface area (Å²) in [5, 5.41) is 3.93. The molecule has 4 aromatic rings. The summed E-state index contributed by atoms with van der Waals surface area (Å²) in [6, 6.07) is 11.7. The molecule has 0 aliphatic rings. The number of aromatic amines is 1. The Morgan fingerprint density at radius 3 is 2.26 bits per heavy atom. The van der Waals surface area contributed by atoms with Crippen LogP contribution >= 0.6 is 0 Å². The Labute approximate surface area is 195 Å². The molecule has 176 valence electrons. The average molecular weight is 481 g/mol. The second-order valence-electron chi connectivity index (χ2n) is 8.92. The first-order valence-corrected chi connectivity index (χ1v) is 12.3. The fraction of sp³-hybridized carbons (Fsp3) is 0.217. The van der Waals surface area contributed by atoms with Crippen LogP contribution in [0.4, 0.5) is 17.2 Å². The number of aromatic nitrogens is 4. The lowest BCUT2D eigenvalue weighted by Crippen LogP contribution is -2.27. The van der Waals surface area contributed by atoms with Gasteiger partial charge in [0, 0.05) is 29.0 Å². The normalized spacial score (nSPS) is 12.0. The Hall–Kier alpha value is -3.99. The van der Waals surface area contributed by atoms with Crippen molar-refractivity contribution < 1.29 is 8.42 Å². The zero-order valence-corrected chi connectivity index (χ0v) is 19.9. The van der Waals surface area contributed by atoms with Gasteiger partial charge in [0.1, 0.15) is 12.1 Å². The number of nitrogens with zero attached hydrogens (tertiary/aromatic N) is 3. The topological polar surface area (TPSA) is 139 Å². The Balaban J connectivity index is 1.85. The summed E-state index contributed by atoms with van der Waals surface area (Å²) in [7, 11) is -3.37. The van der Waals surface area contributed by atoms with Crippen LogP contribution in [0.1, 0.15) is 26.3 Å². The third-order valence-corrected chi connectivity index (χ3v) is 5.69. The number of sulfonamides is 1. The van der Waals surface area contributed by atoms with Gasteiger partial charge in [0.2, 0.25) is 10.0 Å². The van der Waals surface area contributed by atoms with E-state index in [9.17, 15) is 18.0 Å². The van der Waals surface area contributed by atoms with E-state index in [0.717, 1.165) is 17.3 Å². The van der Waals surface area contributed by atoms with Crippen molar-refractivity contribution in [3.63, 3.8) is 0 Å². The zero-order chi connectivity index (χ0) is 24.7. The highest BCUT2D eigenvalue weighted by molar-refractivity contribution is 7.92. The van der Waals surface area contributed by atoms with E-state index < -0.39 is 21.3 Å². The molecule has 4 rings (SSSR count). The molecule has 0 aliphatic heterocycles. The lowest BCUT2D eigenvalue weighted by molar-refractivity contribution is 0.594. The molecule has 0 fully saturated rings. The van der Waals surface area contributed by atoms with E-state index in [2.05, 4.69) is 25.0 Å². The number of benzene rings is 2. The van der Waals surface area contributed by atoms with Gasteiger partial charge in [-0.3, -0.25) is 19.1 Å². The summed E-state index contributed by atoms with van der Waals surface area (Å²) < 4.78 is 26.7. The summed E-state index contributed by atoms with van der Waals surface area (Å²) >= 11 is 0. The highest BCUT2D eigenvalue weighted by atomic mass is 32.2. The van der Waals surface area contributed by atoms with Gasteiger partial charge in [-0.25, -0.2) is 23.2 Å². The lowest BCUT2D eigenvalue weighted by Gasteiger charge is -2.23. The first kappa shape index (κ1) is 23.2. The van der Waals surface area contributed by atoms with Gasteiger partial charge in [-0.15, -0.1) is 0 Å². The summed E-state index contributed by atoms with van der Waals surface area (Å²) in [6.07, 6.45) is 3.98. The number of H-pyrrole nitrogens is 1. The van der Waals surface area contributed by atoms with Crippen LogP contribution in [0.2, 0.25) is 0 Å². The number of nitrogens with one attached hydrogen (secondary N) is 3. The summed E-state index contributed by atoms with van der Waals surface area (Å²) in [5.41, 5.74) is 1.98. The highest BCUT2D eigenvalue weighted by Gasteiger charge is 2.21. The van der Waals surface area contributed by atoms with Crippen molar-refractivity contribution in [1.82, 2.24) is 19.5 Å². The van der Waals surface area contributed by atoms with E-state index in [1.807, 2.05) is 26.8 Å². The van der Waals surface area contributed by atoms with Crippen molar-refractivity contribution in [1.29, 1.82) is 0 Å². The maximum absolute atomic E-state index is 12.5. The maximum Gasteiger partial charge on any atom is 0.332 e. The van der Waals surface area contributed by atoms with Gasteiger partial charge in [-0.2, -0.15) is 0 Å². The molecule has 3 N–H and O–H groups in total. The first-order chi connectivity index (χ1) is 15.9. The van der Waals surface area contributed by atoms with Crippen molar-refractivity contribution >= 4 is 38.1 Å². The molecule has 0 radical (unpaired) electrons. The van der Waals surface area contributed by atoms with E-state index in [-0.39, 0.29) is 5.41 Å². The molecule has 34 heavy (non-hydrogen) atoms. The minimum Gasteiger partial charge on any atom is -0.340 e. The van der Waals surface area contributed by atoms with Crippen molar-refractivity contribution in [2.45, 2.75) is 26.2 Å². The van der Waals surface area contributed by atoms with Crippen LogP contribution in [0.15, 0.2) is 64.6 Å². The Morgan fingerprint density at radius 1 is 0.971 bits per heavy atom. The summed E-state index contributed by atoms with van der Waals surface area (Å²) in [6.45, 7) is 6.14. The van der Waals surface area contributed by atoms with Crippen LogP contribution in [-0.2, 0) is 15.4 Å². The number of hydrogen-bond acceptors (Lipinski definition) is 7. The fourth-order valence-corrected chi connectivity index (χ4v) is 4.12. The number of fused-ring (bicyclic) bond motifs is 1. The Kier molecular flexibility index (Phi) is 5.74. The van der Waals surface area contributed by atoms with Crippen LogP contribution in [0.25, 0.3) is 16.6 Å². The maximum atomic E-state index is 12.5. The molecule has 0 bridgehead atoms. The predicted molar refractivity (Wildman–Crippen MR) is 133 cm³/mol. The minimum atomic E-state index is -3.37. The van der Waals surface area contributed by atoms with E-state index in [1.54, 1.807) is 30.3 Å². The molecular formula is C23H24N6O4S. The minimum absolute atomic E-state index is 0.301. The van der Waals surface area contributed by atoms with Gasteiger partial charge in [-0.05, 0) is 47.4 Å². The van der Waals surface area contributed by atoms with Crippen LogP contribution in [0, 0.1) is 0 Å². The van der Waals surface area contributed by atoms with Crippen LogP contribution in [0.5, 0.6) is 0 Å². The molecule has 2 aromatic heterocycles. The third kappa shape index (κ3) is 4.99. The average Bonchev–Trinajstić information content (AvgIpc) is 2.73. The largest absolute Gasteiger partial charge is 0.340 e. The monoisotopic (exact) mass is 480 g/mol. The third-order valence-electron chi connectivity index (χ3n) is 5.08. The van der Waals surface area contributed by atoms with Crippen LogP contribution < -0.4 is 21.3 Å². The van der Waals surface area contributed by atoms with Crippen molar-refractivity contribution in [3.8, 4) is 5.69 Å². The molecule has 0 amide bonds. The Bertz CT molecular complexity index is 1600. The van der Waals surface area contributed by atoms with E-state index in [1.165, 1.54) is 23.2 Å². The Morgan fingerprint density at radius 2 is 1.65 bits per heavy atom. The summed E-state index contributed by atoms with van der Waals surface area (Å²) in [4.78, 5) is 35.2. The predicted octanol–water partition coefficient (Wildman–Crippen LogP) is 2.88. The molecule has 0 unspecified atom stereocenters. The molecule has 0 spiro atoms. The SMILES string of the molecule is CC(C)(C)c1cc(-n2ccc(=O)[nH]c2=O)cc2c(Nc3ccc(NS(C)(=O)=O)cc3)ncnc12. The number of rotatable bonds is 5. The molecule has 11 heteroatoms. The standard InChI is InChI=1S/C23H24N6O4S/c1-23(2,3)18-12-16(29-10-9-19(30)27-22(29)31)11-17-20(18)24-13-25-21(17)26-14-5-7-15(8-6-14)28-34(4,32)33/h5-13,28H,1-4H3,(H,24,25,26)(H,27,30,31). The second-order valence-corrected chi connectivity index (χ2v) is 10.7. The van der Waals surface area contributed by atoms with Crippen molar-refractivity contribution in [3.05, 3.63) is 81.4 Å². The quantitative estimate of drug-likeness (QED) is 0.399. The smallest absolute Gasteiger partial charge is 0.332 e. The van der Waals surface area contributed by atoms with E-state index in [0.29, 0.717) is 28.3 Å².